The summed E-state index contributed by atoms with van der Waals surface area (Å²) in [5, 5.41) is 11.3. The zero-order valence-electron chi connectivity index (χ0n) is 15.1. The SMILES string of the molecule is CC1(C)[C@@H]2[C@@H](C(=O)O)N(C(=O)[C@H](CC3CCOC3)NC(=O)C(F)(F)F)C[C@@H]21. The zero-order valence-corrected chi connectivity index (χ0v) is 15.1. The van der Waals surface area contributed by atoms with E-state index in [1.165, 1.54) is 0 Å². The Bertz CT molecular complexity index is 645. The van der Waals surface area contributed by atoms with Crippen LogP contribution in [0.15, 0.2) is 0 Å². The topological polar surface area (TPSA) is 95.9 Å². The van der Waals surface area contributed by atoms with Gasteiger partial charge in [0.05, 0.1) is 0 Å². The van der Waals surface area contributed by atoms with Gasteiger partial charge >= 0.3 is 18.1 Å². The van der Waals surface area contributed by atoms with Crippen LogP contribution in [0.4, 0.5) is 13.2 Å². The van der Waals surface area contributed by atoms with Crippen LogP contribution in [0.1, 0.15) is 26.7 Å². The van der Waals surface area contributed by atoms with E-state index in [4.69, 9.17) is 4.74 Å². The number of nitrogens with zero attached hydrogens (tertiary/aromatic N) is 1. The molecule has 2 saturated heterocycles. The van der Waals surface area contributed by atoms with Crippen molar-refractivity contribution in [3.8, 4) is 0 Å². The number of fused-ring (bicyclic) bond motifs is 1. The number of halogens is 3. The molecule has 0 spiro atoms. The molecular weight excluding hydrogens is 369 g/mol. The van der Waals surface area contributed by atoms with Gasteiger partial charge in [-0.1, -0.05) is 13.8 Å². The first-order valence-corrected chi connectivity index (χ1v) is 8.93. The van der Waals surface area contributed by atoms with Crippen LogP contribution in [0.5, 0.6) is 0 Å². The number of carbonyl (C=O) groups excluding carboxylic acids is 2. The van der Waals surface area contributed by atoms with Crippen molar-refractivity contribution in [1.82, 2.24) is 10.2 Å². The third-order valence-corrected chi connectivity index (χ3v) is 6.20. The first-order chi connectivity index (χ1) is 12.4. The minimum atomic E-state index is -5.12. The summed E-state index contributed by atoms with van der Waals surface area (Å²) in [5.41, 5.74) is -0.218. The number of aliphatic carboxylic acids is 1. The van der Waals surface area contributed by atoms with Gasteiger partial charge in [-0.2, -0.15) is 13.2 Å². The van der Waals surface area contributed by atoms with Gasteiger partial charge < -0.3 is 20.1 Å². The van der Waals surface area contributed by atoms with Gasteiger partial charge in [0.1, 0.15) is 12.1 Å². The molecule has 0 aromatic rings. The number of hydrogen-bond acceptors (Lipinski definition) is 4. The molecule has 0 bridgehead atoms. The van der Waals surface area contributed by atoms with Crippen LogP contribution in [-0.2, 0) is 19.1 Å². The van der Waals surface area contributed by atoms with Crippen molar-refractivity contribution in [1.29, 1.82) is 0 Å². The lowest BCUT2D eigenvalue weighted by Crippen LogP contribution is -2.56. The summed E-state index contributed by atoms with van der Waals surface area (Å²) >= 11 is 0. The van der Waals surface area contributed by atoms with E-state index in [-0.39, 0.29) is 36.1 Å². The smallest absolute Gasteiger partial charge is 0.471 e. The molecular formula is C17H23F3N2O5. The number of rotatable bonds is 5. The third-order valence-electron chi connectivity index (χ3n) is 6.20. The number of carboxylic acids is 1. The maximum atomic E-state index is 12.9. The van der Waals surface area contributed by atoms with Gasteiger partial charge in [-0.05, 0) is 30.1 Å². The summed E-state index contributed by atoms with van der Waals surface area (Å²) in [7, 11) is 0. The molecule has 2 heterocycles. The molecule has 0 aromatic carbocycles. The fraction of sp³-hybridized carbons (Fsp3) is 0.824. The van der Waals surface area contributed by atoms with Gasteiger partial charge in [-0.3, -0.25) is 9.59 Å². The quantitative estimate of drug-likeness (QED) is 0.729. The molecule has 2 aliphatic heterocycles. The van der Waals surface area contributed by atoms with E-state index in [0.29, 0.717) is 19.6 Å². The monoisotopic (exact) mass is 392 g/mol. The molecule has 2 amide bonds. The molecule has 152 valence electrons. The highest BCUT2D eigenvalue weighted by Gasteiger charge is 2.69. The van der Waals surface area contributed by atoms with Gasteiger partial charge in [0.25, 0.3) is 0 Å². The summed E-state index contributed by atoms with van der Waals surface area (Å²) < 4.78 is 43.2. The van der Waals surface area contributed by atoms with Gasteiger partial charge in [-0.15, -0.1) is 0 Å². The van der Waals surface area contributed by atoms with Crippen molar-refractivity contribution in [2.45, 2.75) is 44.9 Å². The van der Waals surface area contributed by atoms with Gasteiger partial charge in [-0.25, -0.2) is 4.79 Å². The second kappa shape index (κ2) is 6.65. The van der Waals surface area contributed by atoms with E-state index in [1.54, 1.807) is 5.32 Å². The molecule has 3 aliphatic rings. The Hall–Kier alpha value is -1.84. The summed E-state index contributed by atoms with van der Waals surface area (Å²) in [6, 6.07) is -2.50. The molecule has 3 fully saturated rings. The number of piperidine rings is 1. The Morgan fingerprint density at radius 2 is 2.00 bits per heavy atom. The normalized spacial score (nSPS) is 32.7. The predicted molar refractivity (Wildman–Crippen MR) is 85.4 cm³/mol. The van der Waals surface area contributed by atoms with E-state index < -0.39 is 36.0 Å². The van der Waals surface area contributed by atoms with E-state index in [2.05, 4.69) is 0 Å². The van der Waals surface area contributed by atoms with Crippen LogP contribution in [-0.4, -0.2) is 65.8 Å². The molecule has 2 N–H and O–H groups in total. The minimum Gasteiger partial charge on any atom is -0.480 e. The van der Waals surface area contributed by atoms with Gasteiger partial charge in [0, 0.05) is 25.7 Å². The summed E-state index contributed by atoms with van der Waals surface area (Å²) in [4.78, 5) is 37.2. The van der Waals surface area contributed by atoms with Crippen molar-refractivity contribution in [2.24, 2.45) is 23.2 Å². The van der Waals surface area contributed by atoms with E-state index in [9.17, 15) is 32.7 Å². The van der Waals surface area contributed by atoms with Crippen LogP contribution >= 0.6 is 0 Å². The maximum Gasteiger partial charge on any atom is 0.471 e. The fourth-order valence-electron chi connectivity index (χ4n) is 4.56. The van der Waals surface area contributed by atoms with E-state index >= 15 is 0 Å². The Kier molecular flexibility index (Phi) is 4.90. The molecule has 0 radical (unpaired) electrons. The van der Waals surface area contributed by atoms with Crippen molar-refractivity contribution in [2.75, 3.05) is 19.8 Å². The molecule has 1 unspecified atom stereocenters. The van der Waals surface area contributed by atoms with Gasteiger partial charge in [0.2, 0.25) is 5.91 Å². The second-order valence-electron chi connectivity index (χ2n) is 8.22. The second-order valence-corrected chi connectivity index (χ2v) is 8.22. The summed E-state index contributed by atoms with van der Waals surface area (Å²) in [6.07, 6.45) is -4.55. The Labute approximate surface area is 154 Å². The summed E-state index contributed by atoms with van der Waals surface area (Å²) in [6.45, 7) is 4.75. The minimum absolute atomic E-state index is 0.00340. The van der Waals surface area contributed by atoms with Crippen LogP contribution in [0.25, 0.3) is 0 Å². The number of carbonyl (C=O) groups is 3. The first-order valence-electron chi connectivity index (χ1n) is 8.93. The Morgan fingerprint density at radius 3 is 2.52 bits per heavy atom. The van der Waals surface area contributed by atoms with Crippen molar-refractivity contribution < 1.29 is 37.4 Å². The number of hydrogen-bond donors (Lipinski definition) is 2. The molecule has 5 atom stereocenters. The van der Waals surface area contributed by atoms with Crippen LogP contribution in [0.3, 0.4) is 0 Å². The average Bonchev–Trinajstić information content (AvgIpc) is 3.01. The predicted octanol–water partition coefficient (Wildman–Crippen LogP) is 1.03. The number of amides is 2. The highest BCUT2D eigenvalue weighted by atomic mass is 19.4. The van der Waals surface area contributed by atoms with Gasteiger partial charge in [0.15, 0.2) is 0 Å². The highest BCUT2D eigenvalue weighted by molar-refractivity contribution is 5.92. The van der Waals surface area contributed by atoms with Crippen LogP contribution < -0.4 is 5.32 Å². The maximum absolute atomic E-state index is 12.9. The van der Waals surface area contributed by atoms with Crippen molar-refractivity contribution in [3.63, 3.8) is 0 Å². The lowest BCUT2D eigenvalue weighted by atomic mass is 9.96. The number of likely N-dealkylation sites (tertiary alicyclic amines) is 1. The third kappa shape index (κ3) is 3.63. The molecule has 7 nitrogen and oxygen atoms in total. The van der Waals surface area contributed by atoms with Crippen molar-refractivity contribution >= 4 is 17.8 Å². The molecule has 10 heteroatoms. The fourth-order valence-corrected chi connectivity index (χ4v) is 4.56. The first kappa shape index (κ1) is 19.9. The lowest BCUT2D eigenvalue weighted by molar-refractivity contribution is -0.175. The molecule has 1 saturated carbocycles. The highest BCUT2D eigenvalue weighted by Crippen LogP contribution is 2.64. The number of alkyl halides is 3. The van der Waals surface area contributed by atoms with Crippen LogP contribution in [0.2, 0.25) is 0 Å². The Balaban J connectivity index is 1.77. The number of nitrogens with one attached hydrogen (secondary N) is 1. The largest absolute Gasteiger partial charge is 0.480 e. The molecule has 3 rings (SSSR count). The molecule has 1 aliphatic carbocycles. The van der Waals surface area contributed by atoms with E-state index in [0.717, 1.165) is 4.90 Å². The lowest BCUT2D eigenvalue weighted by Gasteiger charge is -2.32. The average molecular weight is 392 g/mol. The van der Waals surface area contributed by atoms with Crippen LogP contribution in [0, 0.1) is 23.2 Å². The zero-order chi connectivity index (χ0) is 20.1. The summed E-state index contributed by atoms with van der Waals surface area (Å²) in [5.74, 6) is -4.54. The number of ether oxygens (including phenoxy) is 1. The standard InChI is InChI=1S/C17H23F3N2O5/c1-16(2)9-6-22(12(11(9)16)14(24)25)13(23)10(5-8-3-4-27-7-8)21-15(26)17(18,19)20/h8-12H,3-7H2,1-2H3,(H,21,26)(H,24,25)/t8?,9-,10-,11-,12-/m0/s1. The number of carboxylic acid groups (broad SMARTS) is 1. The Morgan fingerprint density at radius 1 is 1.33 bits per heavy atom. The van der Waals surface area contributed by atoms with Crippen molar-refractivity contribution in [3.05, 3.63) is 0 Å². The van der Waals surface area contributed by atoms with E-state index in [1.807, 2.05) is 13.8 Å². The molecule has 27 heavy (non-hydrogen) atoms. The molecule has 0 aromatic heterocycles.